The van der Waals surface area contributed by atoms with Crippen LogP contribution in [-0.2, 0) is 19.3 Å². The number of aliphatic hydroxyl groups excluding tert-OH is 1. The predicted octanol–water partition coefficient (Wildman–Crippen LogP) is -4.00. The molecule has 0 aliphatic heterocycles. The molecular weight excluding hydrogens is 268 g/mol. The van der Waals surface area contributed by atoms with Gasteiger partial charge in [0.25, 0.3) is 0 Å². The van der Waals surface area contributed by atoms with Gasteiger partial charge in [-0.2, -0.15) is 0 Å². The summed E-state index contributed by atoms with van der Waals surface area (Å²) in [4.78, 5) is 50.5. The first-order valence-electron chi connectivity index (χ1n) is 4.52. The normalized spacial score (nSPS) is 11.0. The molecule has 0 aromatic heterocycles. The standard InChI is InChI=1S/C6H12N6O7/c7-5(16)9-11-18-3(14)1-2(13)4(15)19-12-10-6(8)17/h2,11-13H,1H2,(H3,7,9,16)(H3,8,10,17). The van der Waals surface area contributed by atoms with Crippen LogP contribution >= 0.6 is 0 Å². The van der Waals surface area contributed by atoms with Crippen LogP contribution in [0.25, 0.3) is 0 Å². The SMILES string of the molecule is NC(=O)NNOC(=O)CC(O)C(=O)ONNC(N)=O. The fourth-order valence-corrected chi connectivity index (χ4v) is 0.610. The van der Waals surface area contributed by atoms with E-state index in [4.69, 9.17) is 5.11 Å². The zero-order chi connectivity index (χ0) is 14.8. The molecule has 13 nitrogen and oxygen atoms in total. The number of urea groups is 2. The number of hydrazine groups is 2. The van der Waals surface area contributed by atoms with E-state index in [1.807, 2.05) is 0 Å². The number of hydrogen-bond donors (Lipinski definition) is 7. The summed E-state index contributed by atoms with van der Waals surface area (Å²) >= 11 is 0. The Kier molecular flexibility index (Phi) is 7.28. The fourth-order valence-electron chi connectivity index (χ4n) is 0.610. The number of aliphatic hydroxyl groups is 1. The molecule has 0 bridgehead atoms. The monoisotopic (exact) mass is 280 g/mol. The van der Waals surface area contributed by atoms with Gasteiger partial charge in [0.2, 0.25) is 0 Å². The fraction of sp³-hybridized carbons (Fsp3) is 0.333. The van der Waals surface area contributed by atoms with Gasteiger partial charge in [-0.1, -0.05) is 11.2 Å². The summed E-state index contributed by atoms with van der Waals surface area (Å²) < 4.78 is 0. The second-order valence-electron chi connectivity index (χ2n) is 2.80. The molecule has 19 heavy (non-hydrogen) atoms. The number of nitrogens with two attached hydrogens (primary N) is 2. The van der Waals surface area contributed by atoms with Crippen molar-refractivity contribution in [1.29, 1.82) is 0 Å². The maximum absolute atomic E-state index is 11.0. The third-order valence-electron chi connectivity index (χ3n) is 1.30. The first kappa shape index (κ1) is 16.4. The lowest BCUT2D eigenvalue weighted by atomic mass is 10.3. The maximum atomic E-state index is 11.0. The van der Waals surface area contributed by atoms with Crippen LogP contribution in [0, 0.1) is 0 Å². The van der Waals surface area contributed by atoms with Crippen LogP contribution in [-0.4, -0.2) is 35.2 Å². The minimum Gasteiger partial charge on any atom is -0.381 e. The Labute approximate surface area is 105 Å². The molecule has 1 unspecified atom stereocenters. The summed E-state index contributed by atoms with van der Waals surface area (Å²) in [6.07, 6.45) is -2.66. The lowest BCUT2D eigenvalue weighted by Crippen LogP contribution is -2.45. The van der Waals surface area contributed by atoms with E-state index in [2.05, 4.69) is 21.1 Å². The van der Waals surface area contributed by atoms with Crippen LogP contribution < -0.4 is 33.5 Å². The first-order valence-corrected chi connectivity index (χ1v) is 4.52. The molecule has 0 aromatic rings. The Morgan fingerprint density at radius 1 is 1.00 bits per heavy atom. The Balaban J connectivity index is 3.84. The molecule has 9 N–H and O–H groups in total. The molecule has 0 heterocycles. The molecule has 0 fully saturated rings. The molecule has 0 saturated heterocycles. The van der Waals surface area contributed by atoms with Gasteiger partial charge in [0, 0.05) is 0 Å². The number of primary amides is 2. The Morgan fingerprint density at radius 3 is 1.95 bits per heavy atom. The number of amides is 4. The predicted molar refractivity (Wildman–Crippen MR) is 54.5 cm³/mol. The molecule has 108 valence electrons. The Hall–Kier alpha value is -2.64. The summed E-state index contributed by atoms with van der Waals surface area (Å²) in [6, 6.07) is -2.06. The number of carbonyl (C=O) groups is 4. The lowest BCUT2D eigenvalue weighted by molar-refractivity contribution is -0.169. The van der Waals surface area contributed by atoms with Gasteiger partial charge in [0.1, 0.15) is 0 Å². The highest BCUT2D eigenvalue weighted by atomic mass is 16.7. The van der Waals surface area contributed by atoms with Crippen molar-refractivity contribution in [3.63, 3.8) is 0 Å². The third kappa shape index (κ3) is 9.10. The molecule has 0 radical (unpaired) electrons. The summed E-state index contributed by atoms with van der Waals surface area (Å²) in [5.74, 6) is -2.38. The van der Waals surface area contributed by atoms with E-state index in [1.54, 1.807) is 22.0 Å². The van der Waals surface area contributed by atoms with Gasteiger partial charge in [0.15, 0.2) is 6.10 Å². The topological polar surface area (TPSA) is 207 Å². The highest BCUT2D eigenvalue weighted by Crippen LogP contribution is 1.95. The molecule has 0 aromatic carbocycles. The van der Waals surface area contributed by atoms with Crippen LogP contribution in [0.3, 0.4) is 0 Å². The minimum absolute atomic E-state index is 0.787. The number of hydrogen-bond acceptors (Lipinski definition) is 9. The molecule has 13 heteroatoms. The number of carbonyl (C=O) groups excluding carboxylic acids is 4. The second-order valence-corrected chi connectivity index (χ2v) is 2.80. The van der Waals surface area contributed by atoms with Gasteiger partial charge < -0.3 is 26.2 Å². The van der Waals surface area contributed by atoms with Crippen molar-refractivity contribution < 1.29 is 34.0 Å². The highest BCUT2D eigenvalue weighted by molar-refractivity contribution is 5.81. The zero-order valence-electron chi connectivity index (χ0n) is 9.34. The molecule has 4 amide bonds. The van der Waals surface area contributed by atoms with Crippen molar-refractivity contribution in [2.45, 2.75) is 12.5 Å². The van der Waals surface area contributed by atoms with E-state index in [1.165, 1.54) is 0 Å². The number of rotatable bonds is 7. The van der Waals surface area contributed by atoms with Gasteiger partial charge in [0.05, 0.1) is 6.42 Å². The summed E-state index contributed by atoms with van der Waals surface area (Å²) in [5.41, 5.74) is 15.9. The van der Waals surface area contributed by atoms with Crippen LogP contribution in [0.1, 0.15) is 6.42 Å². The first-order chi connectivity index (χ1) is 8.82. The average molecular weight is 280 g/mol. The van der Waals surface area contributed by atoms with Crippen molar-refractivity contribution in [2.75, 3.05) is 0 Å². The van der Waals surface area contributed by atoms with E-state index in [0.29, 0.717) is 0 Å². The van der Waals surface area contributed by atoms with Crippen LogP contribution in [0.4, 0.5) is 9.59 Å². The van der Waals surface area contributed by atoms with E-state index < -0.39 is 36.5 Å². The van der Waals surface area contributed by atoms with Gasteiger partial charge in [-0.25, -0.2) is 25.2 Å². The molecule has 1 atom stereocenters. The van der Waals surface area contributed by atoms with Gasteiger partial charge >= 0.3 is 24.0 Å². The van der Waals surface area contributed by atoms with Crippen LogP contribution in [0.15, 0.2) is 0 Å². The minimum atomic E-state index is -1.87. The van der Waals surface area contributed by atoms with Crippen molar-refractivity contribution in [1.82, 2.24) is 22.0 Å². The molecule has 0 aliphatic carbocycles. The van der Waals surface area contributed by atoms with E-state index in [-0.39, 0.29) is 0 Å². The molecule has 0 saturated carbocycles. The summed E-state index contributed by atoms with van der Waals surface area (Å²) in [6.45, 7) is 0. The Bertz CT molecular complexity index is 360. The van der Waals surface area contributed by atoms with Gasteiger partial charge in [-0.15, -0.1) is 0 Å². The second kappa shape index (κ2) is 8.45. The van der Waals surface area contributed by atoms with Crippen LogP contribution in [0.5, 0.6) is 0 Å². The van der Waals surface area contributed by atoms with Crippen molar-refractivity contribution in [2.24, 2.45) is 11.5 Å². The van der Waals surface area contributed by atoms with Crippen molar-refractivity contribution in [3.8, 4) is 0 Å². The quantitative estimate of drug-likeness (QED) is 0.226. The Morgan fingerprint density at radius 2 is 1.47 bits per heavy atom. The molecule has 0 rings (SSSR count). The number of nitrogens with one attached hydrogen (secondary N) is 4. The van der Waals surface area contributed by atoms with E-state index >= 15 is 0 Å². The van der Waals surface area contributed by atoms with E-state index in [0.717, 1.165) is 0 Å². The molecular formula is C6H12N6O7. The molecule has 0 aliphatic rings. The van der Waals surface area contributed by atoms with Gasteiger partial charge in [-0.05, 0) is 0 Å². The largest absolute Gasteiger partial charge is 0.381 e. The molecule has 0 spiro atoms. The zero-order valence-corrected chi connectivity index (χ0v) is 9.34. The average Bonchev–Trinajstić information content (AvgIpc) is 2.27. The van der Waals surface area contributed by atoms with Crippen molar-refractivity contribution >= 4 is 24.0 Å². The smallest absolute Gasteiger partial charge is 0.355 e. The van der Waals surface area contributed by atoms with Crippen LogP contribution in [0.2, 0.25) is 0 Å². The summed E-state index contributed by atoms with van der Waals surface area (Å²) in [5, 5.41) is 9.16. The van der Waals surface area contributed by atoms with Crippen molar-refractivity contribution in [3.05, 3.63) is 0 Å². The van der Waals surface area contributed by atoms with E-state index in [9.17, 15) is 19.2 Å². The summed E-state index contributed by atoms with van der Waals surface area (Å²) in [7, 11) is 0. The highest BCUT2D eigenvalue weighted by Gasteiger charge is 2.22. The maximum Gasteiger partial charge on any atom is 0.355 e. The lowest BCUT2D eigenvalue weighted by Gasteiger charge is -2.10. The third-order valence-corrected chi connectivity index (χ3v) is 1.30. The van der Waals surface area contributed by atoms with Gasteiger partial charge in [-0.3, -0.25) is 4.79 Å².